The lowest BCUT2D eigenvalue weighted by molar-refractivity contribution is 0.359. The van der Waals surface area contributed by atoms with E-state index in [2.05, 4.69) is 15.5 Å². The topological polar surface area (TPSA) is 51.0 Å². The Bertz CT molecular complexity index is 532. The third-order valence-corrected chi connectivity index (χ3v) is 2.91. The average molecular weight is 267 g/mol. The number of nitrogens with zero attached hydrogens (tertiary/aromatic N) is 2. The largest absolute Gasteiger partial charge is 0.339 e. The van der Waals surface area contributed by atoms with Crippen molar-refractivity contribution in [3.05, 3.63) is 35.7 Å². The van der Waals surface area contributed by atoms with E-state index in [1.54, 1.807) is 0 Å². The van der Waals surface area contributed by atoms with E-state index in [9.17, 15) is 8.78 Å². The van der Waals surface area contributed by atoms with Gasteiger partial charge < -0.3 is 9.84 Å². The van der Waals surface area contributed by atoms with Crippen LogP contribution in [0, 0.1) is 11.6 Å². The molecule has 0 radical (unpaired) electrons. The number of nitrogens with one attached hydrogen (secondary N) is 1. The van der Waals surface area contributed by atoms with Gasteiger partial charge in [0.1, 0.15) is 11.6 Å². The van der Waals surface area contributed by atoms with Crippen LogP contribution in [0.25, 0.3) is 11.4 Å². The fourth-order valence-electron chi connectivity index (χ4n) is 1.80. The molecule has 0 saturated carbocycles. The predicted molar refractivity (Wildman–Crippen MR) is 66.5 cm³/mol. The van der Waals surface area contributed by atoms with Crippen LogP contribution in [-0.2, 0) is 6.42 Å². The summed E-state index contributed by atoms with van der Waals surface area (Å²) in [5.41, 5.74) is 0.269. The fourth-order valence-corrected chi connectivity index (χ4v) is 1.80. The van der Waals surface area contributed by atoms with Crippen LogP contribution in [0.5, 0.6) is 0 Å². The number of likely N-dealkylation sites (N-methyl/N-ethyl adjacent to an activating group) is 1. The molecule has 1 unspecified atom stereocenters. The van der Waals surface area contributed by atoms with E-state index in [1.807, 2.05) is 14.0 Å². The zero-order valence-electron chi connectivity index (χ0n) is 10.8. The van der Waals surface area contributed by atoms with E-state index in [0.29, 0.717) is 12.3 Å². The highest BCUT2D eigenvalue weighted by Gasteiger charge is 2.14. The van der Waals surface area contributed by atoms with E-state index in [4.69, 9.17) is 4.52 Å². The lowest BCUT2D eigenvalue weighted by Crippen LogP contribution is -2.26. The Hall–Kier alpha value is -1.82. The number of aromatic nitrogens is 2. The zero-order chi connectivity index (χ0) is 13.8. The average Bonchev–Trinajstić information content (AvgIpc) is 2.83. The van der Waals surface area contributed by atoms with E-state index in [1.165, 1.54) is 12.1 Å². The molecule has 0 fully saturated rings. The van der Waals surface area contributed by atoms with Crippen LogP contribution >= 0.6 is 0 Å². The summed E-state index contributed by atoms with van der Waals surface area (Å²) in [5, 5.41) is 6.86. The molecule has 0 saturated heterocycles. The van der Waals surface area contributed by atoms with Gasteiger partial charge in [-0.05, 0) is 25.6 Å². The molecule has 0 amide bonds. The van der Waals surface area contributed by atoms with Gasteiger partial charge in [0.15, 0.2) is 0 Å². The number of hydrogen-bond donors (Lipinski definition) is 1. The molecule has 1 heterocycles. The molecular formula is C13H15F2N3O. The van der Waals surface area contributed by atoms with Crippen molar-refractivity contribution < 1.29 is 13.3 Å². The Kier molecular flexibility index (Phi) is 4.21. The van der Waals surface area contributed by atoms with Crippen LogP contribution in [-0.4, -0.2) is 23.2 Å². The highest BCUT2D eigenvalue weighted by molar-refractivity contribution is 5.54. The van der Waals surface area contributed by atoms with E-state index >= 15 is 0 Å². The van der Waals surface area contributed by atoms with Crippen molar-refractivity contribution >= 4 is 0 Å². The van der Waals surface area contributed by atoms with E-state index in [-0.39, 0.29) is 17.4 Å². The quantitative estimate of drug-likeness (QED) is 0.904. The lowest BCUT2D eigenvalue weighted by atomic mass is 10.1. The molecule has 1 aromatic carbocycles. The van der Waals surface area contributed by atoms with Crippen LogP contribution in [0.15, 0.2) is 22.7 Å². The molecule has 0 spiro atoms. The molecule has 0 bridgehead atoms. The molecule has 2 rings (SSSR count). The maximum atomic E-state index is 13.1. The fraction of sp³-hybridized carbons (Fsp3) is 0.385. The Morgan fingerprint density at radius 3 is 2.53 bits per heavy atom. The van der Waals surface area contributed by atoms with Crippen molar-refractivity contribution in [3.8, 4) is 11.4 Å². The zero-order valence-corrected chi connectivity index (χ0v) is 10.8. The second kappa shape index (κ2) is 5.88. The van der Waals surface area contributed by atoms with Crippen molar-refractivity contribution in [1.82, 2.24) is 15.5 Å². The molecule has 2 aromatic rings. The van der Waals surface area contributed by atoms with E-state index < -0.39 is 11.6 Å². The van der Waals surface area contributed by atoms with Gasteiger partial charge in [0, 0.05) is 24.1 Å². The minimum Gasteiger partial charge on any atom is -0.339 e. The van der Waals surface area contributed by atoms with Crippen LogP contribution in [0.1, 0.15) is 19.2 Å². The molecular weight excluding hydrogens is 252 g/mol. The summed E-state index contributed by atoms with van der Waals surface area (Å²) in [6.45, 7) is 2.04. The van der Waals surface area contributed by atoms with Crippen molar-refractivity contribution in [1.29, 1.82) is 0 Å². The summed E-state index contributed by atoms with van der Waals surface area (Å²) >= 11 is 0. The van der Waals surface area contributed by atoms with Gasteiger partial charge in [-0.25, -0.2) is 8.78 Å². The Labute approximate surface area is 109 Å². The molecule has 1 N–H and O–H groups in total. The Morgan fingerprint density at radius 1 is 1.26 bits per heavy atom. The SMILES string of the molecule is CCC(Cc1nc(-c2cc(F)cc(F)c2)no1)NC. The molecule has 6 heteroatoms. The first-order valence-corrected chi connectivity index (χ1v) is 6.08. The third kappa shape index (κ3) is 3.35. The molecule has 0 aliphatic heterocycles. The summed E-state index contributed by atoms with van der Waals surface area (Å²) in [7, 11) is 1.85. The summed E-state index contributed by atoms with van der Waals surface area (Å²) in [6.07, 6.45) is 1.50. The normalized spacial score (nSPS) is 12.6. The lowest BCUT2D eigenvalue weighted by Gasteiger charge is -2.09. The Morgan fingerprint density at radius 2 is 1.95 bits per heavy atom. The molecule has 4 nitrogen and oxygen atoms in total. The monoisotopic (exact) mass is 267 g/mol. The summed E-state index contributed by atoms with van der Waals surface area (Å²) < 4.78 is 31.3. The number of rotatable bonds is 5. The minimum absolute atomic E-state index is 0.194. The van der Waals surface area contributed by atoms with Crippen LogP contribution in [0.2, 0.25) is 0 Å². The van der Waals surface area contributed by atoms with Gasteiger partial charge in [0.2, 0.25) is 11.7 Å². The van der Waals surface area contributed by atoms with Gasteiger partial charge in [0.05, 0.1) is 0 Å². The first kappa shape index (κ1) is 13.6. The van der Waals surface area contributed by atoms with Gasteiger partial charge in [-0.15, -0.1) is 0 Å². The van der Waals surface area contributed by atoms with Crippen LogP contribution in [0.3, 0.4) is 0 Å². The van der Waals surface area contributed by atoms with Gasteiger partial charge in [-0.3, -0.25) is 0 Å². The smallest absolute Gasteiger partial charge is 0.228 e. The highest BCUT2D eigenvalue weighted by atomic mass is 19.1. The molecule has 19 heavy (non-hydrogen) atoms. The summed E-state index contributed by atoms with van der Waals surface area (Å²) in [4.78, 5) is 4.15. The van der Waals surface area contributed by atoms with Crippen molar-refractivity contribution in [2.24, 2.45) is 0 Å². The second-order valence-electron chi connectivity index (χ2n) is 4.27. The molecule has 0 aliphatic carbocycles. The van der Waals surface area contributed by atoms with Crippen molar-refractivity contribution in [3.63, 3.8) is 0 Å². The second-order valence-corrected chi connectivity index (χ2v) is 4.27. The van der Waals surface area contributed by atoms with Gasteiger partial charge in [-0.1, -0.05) is 12.1 Å². The van der Waals surface area contributed by atoms with Crippen molar-refractivity contribution in [2.75, 3.05) is 7.05 Å². The van der Waals surface area contributed by atoms with Crippen molar-refractivity contribution in [2.45, 2.75) is 25.8 Å². The van der Waals surface area contributed by atoms with E-state index in [0.717, 1.165) is 12.5 Å². The van der Waals surface area contributed by atoms with Gasteiger partial charge >= 0.3 is 0 Å². The number of benzene rings is 1. The molecule has 0 aliphatic rings. The predicted octanol–water partition coefficient (Wildman–Crippen LogP) is 2.56. The number of halogens is 2. The third-order valence-electron chi connectivity index (χ3n) is 2.91. The maximum Gasteiger partial charge on any atom is 0.228 e. The van der Waals surface area contributed by atoms with Crippen LogP contribution in [0.4, 0.5) is 8.78 Å². The van der Waals surface area contributed by atoms with Crippen LogP contribution < -0.4 is 5.32 Å². The maximum absolute atomic E-state index is 13.1. The molecule has 1 aromatic heterocycles. The molecule has 1 atom stereocenters. The summed E-state index contributed by atoms with van der Waals surface area (Å²) in [5.74, 6) is -0.689. The van der Waals surface area contributed by atoms with Gasteiger partial charge in [0.25, 0.3) is 0 Å². The Balaban J connectivity index is 2.20. The highest BCUT2D eigenvalue weighted by Crippen LogP contribution is 2.19. The summed E-state index contributed by atoms with van der Waals surface area (Å²) in [6, 6.07) is 3.39. The number of hydrogen-bond acceptors (Lipinski definition) is 4. The first-order valence-electron chi connectivity index (χ1n) is 6.08. The first-order chi connectivity index (χ1) is 9.12. The molecule has 102 valence electrons. The minimum atomic E-state index is -0.664. The standard InChI is InChI=1S/C13H15F2N3O/c1-3-11(16-2)7-12-17-13(18-19-12)8-4-9(14)6-10(15)5-8/h4-6,11,16H,3,7H2,1-2H3. The van der Waals surface area contributed by atoms with Gasteiger partial charge in [-0.2, -0.15) is 4.98 Å².